The van der Waals surface area contributed by atoms with Crippen molar-refractivity contribution < 1.29 is 9.53 Å². The summed E-state index contributed by atoms with van der Waals surface area (Å²) in [5.74, 6) is -0.164. The zero-order valence-electron chi connectivity index (χ0n) is 11.0. The van der Waals surface area contributed by atoms with Gasteiger partial charge in [0.25, 0.3) is 0 Å². The first kappa shape index (κ1) is 13.3. The summed E-state index contributed by atoms with van der Waals surface area (Å²) in [6.07, 6.45) is 2.41. The molecule has 2 aromatic carbocycles. The third-order valence-electron chi connectivity index (χ3n) is 3.11. The monoisotopic (exact) mass is 255 g/mol. The van der Waals surface area contributed by atoms with Crippen LogP contribution in [0, 0.1) is 5.41 Å². The Morgan fingerprint density at radius 1 is 1.21 bits per heavy atom. The molecule has 0 unspecified atom stereocenters. The molecule has 0 amide bonds. The van der Waals surface area contributed by atoms with E-state index in [9.17, 15) is 4.79 Å². The first-order chi connectivity index (χ1) is 9.26. The molecule has 1 N–H and O–H groups in total. The van der Waals surface area contributed by atoms with E-state index in [0.717, 1.165) is 21.9 Å². The number of aryl methyl sites for hydroxylation is 1. The lowest BCUT2D eigenvalue weighted by molar-refractivity contribution is -0.143. The number of benzene rings is 2. The van der Waals surface area contributed by atoms with Crippen LogP contribution in [0.4, 0.5) is 0 Å². The number of fused-ring (bicyclic) bond motifs is 1. The van der Waals surface area contributed by atoms with Crippen molar-refractivity contribution in [3.63, 3.8) is 0 Å². The van der Waals surface area contributed by atoms with Crippen LogP contribution in [0.25, 0.3) is 10.8 Å². The molecule has 0 aromatic heterocycles. The van der Waals surface area contributed by atoms with E-state index in [1.807, 2.05) is 43.3 Å². The Morgan fingerprint density at radius 2 is 1.95 bits per heavy atom. The SMILES string of the molecule is CCOC(=O)CCc1ccc(C=N)c2ccccc12. The average Bonchev–Trinajstić information content (AvgIpc) is 2.45. The molecule has 0 aliphatic carbocycles. The molecular formula is C16H17NO2. The van der Waals surface area contributed by atoms with Gasteiger partial charge in [0.05, 0.1) is 6.61 Å². The zero-order valence-corrected chi connectivity index (χ0v) is 11.0. The van der Waals surface area contributed by atoms with Crippen molar-refractivity contribution in [1.82, 2.24) is 0 Å². The molecule has 3 heteroatoms. The van der Waals surface area contributed by atoms with Crippen LogP contribution in [-0.2, 0) is 16.0 Å². The highest BCUT2D eigenvalue weighted by Gasteiger charge is 2.07. The minimum Gasteiger partial charge on any atom is -0.466 e. The highest BCUT2D eigenvalue weighted by atomic mass is 16.5. The molecule has 0 bridgehead atoms. The quantitative estimate of drug-likeness (QED) is 0.658. The summed E-state index contributed by atoms with van der Waals surface area (Å²) < 4.78 is 4.95. The minimum absolute atomic E-state index is 0.164. The van der Waals surface area contributed by atoms with Crippen LogP contribution >= 0.6 is 0 Å². The molecule has 0 aliphatic rings. The molecule has 3 nitrogen and oxygen atoms in total. The highest BCUT2D eigenvalue weighted by Crippen LogP contribution is 2.23. The summed E-state index contributed by atoms with van der Waals surface area (Å²) in [5.41, 5.74) is 2.02. The van der Waals surface area contributed by atoms with E-state index in [-0.39, 0.29) is 5.97 Å². The Balaban J connectivity index is 2.29. The number of hydrogen-bond acceptors (Lipinski definition) is 3. The molecular weight excluding hydrogens is 238 g/mol. The zero-order chi connectivity index (χ0) is 13.7. The Hall–Kier alpha value is -2.16. The summed E-state index contributed by atoms with van der Waals surface area (Å²) in [4.78, 5) is 11.4. The lowest BCUT2D eigenvalue weighted by atomic mass is 9.97. The molecule has 2 aromatic rings. The van der Waals surface area contributed by atoms with Crippen molar-refractivity contribution in [2.45, 2.75) is 19.8 Å². The van der Waals surface area contributed by atoms with Gasteiger partial charge in [0.2, 0.25) is 0 Å². The number of ether oxygens (including phenoxy) is 1. The second kappa shape index (κ2) is 6.14. The molecule has 0 spiro atoms. The maximum atomic E-state index is 11.4. The van der Waals surface area contributed by atoms with E-state index in [4.69, 9.17) is 10.1 Å². The smallest absolute Gasteiger partial charge is 0.306 e. The van der Waals surface area contributed by atoms with Gasteiger partial charge in [-0.15, -0.1) is 0 Å². The van der Waals surface area contributed by atoms with Gasteiger partial charge in [-0.1, -0.05) is 36.4 Å². The Bertz CT molecular complexity index is 605. The predicted molar refractivity (Wildman–Crippen MR) is 76.8 cm³/mol. The van der Waals surface area contributed by atoms with Crippen molar-refractivity contribution in [3.8, 4) is 0 Å². The van der Waals surface area contributed by atoms with E-state index in [1.54, 1.807) is 0 Å². The molecule has 0 heterocycles. The number of esters is 1. The van der Waals surface area contributed by atoms with Crippen LogP contribution in [0.1, 0.15) is 24.5 Å². The highest BCUT2D eigenvalue weighted by molar-refractivity contribution is 6.00. The molecule has 0 saturated carbocycles. The molecule has 0 aliphatic heterocycles. The molecule has 0 fully saturated rings. The number of carbonyl (C=O) groups excluding carboxylic acids is 1. The van der Waals surface area contributed by atoms with Crippen molar-refractivity contribution in [2.24, 2.45) is 0 Å². The predicted octanol–water partition coefficient (Wildman–Crippen LogP) is 3.33. The Kier molecular flexibility index (Phi) is 4.29. The van der Waals surface area contributed by atoms with Crippen LogP contribution in [0.3, 0.4) is 0 Å². The van der Waals surface area contributed by atoms with Gasteiger partial charge >= 0.3 is 5.97 Å². The molecule has 19 heavy (non-hydrogen) atoms. The number of rotatable bonds is 5. The fourth-order valence-electron chi connectivity index (χ4n) is 2.20. The van der Waals surface area contributed by atoms with E-state index in [2.05, 4.69) is 0 Å². The molecule has 0 saturated heterocycles. The lowest BCUT2D eigenvalue weighted by Gasteiger charge is -2.08. The van der Waals surface area contributed by atoms with Crippen LogP contribution in [0.5, 0.6) is 0 Å². The number of nitrogens with one attached hydrogen (secondary N) is 1. The molecule has 2 rings (SSSR count). The van der Waals surface area contributed by atoms with E-state index < -0.39 is 0 Å². The average molecular weight is 255 g/mol. The van der Waals surface area contributed by atoms with Crippen LogP contribution in [0.2, 0.25) is 0 Å². The Labute approximate surface area is 112 Å². The van der Waals surface area contributed by atoms with Gasteiger partial charge < -0.3 is 10.1 Å². The van der Waals surface area contributed by atoms with E-state index in [0.29, 0.717) is 19.4 Å². The van der Waals surface area contributed by atoms with Gasteiger partial charge in [0.15, 0.2) is 0 Å². The van der Waals surface area contributed by atoms with Crippen molar-refractivity contribution in [3.05, 3.63) is 47.5 Å². The summed E-state index contributed by atoms with van der Waals surface area (Å²) in [6.45, 7) is 2.23. The maximum Gasteiger partial charge on any atom is 0.306 e. The first-order valence-corrected chi connectivity index (χ1v) is 6.43. The van der Waals surface area contributed by atoms with Gasteiger partial charge in [-0.25, -0.2) is 0 Å². The number of hydrogen-bond donors (Lipinski definition) is 1. The van der Waals surface area contributed by atoms with Crippen molar-refractivity contribution in [1.29, 1.82) is 5.41 Å². The third-order valence-corrected chi connectivity index (χ3v) is 3.11. The van der Waals surface area contributed by atoms with Crippen molar-refractivity contribution in [2.75, 3.05) is 6.61 Å². The van der Waals surface area contributed by atoms with Crippen molar-refractivity contribution >= 4 is 23.0 Å². The van der Waals surface area contributed by atoms with Gasteiger partial charge in [-0.3, -0.25) is 4.79 Å². The van der Waals surface area contributed by atoms with E-state index >= 15 is 0 Å². The van der Waals surface area contributed by atoms with Gasteiger partial charge in [-0.2, -0.15) is 0 Å². The van der Waals surface area contributed by atoms with Crippen LogP contribution < -0.4 is 0 Å². The summed E-state index contributed by atoms with van der Waals surface area (Å²) >= 11 is 0. The molecule has 98 valence electrons. The largest absolute Gasteiger partial charge is 0.466 e. The summed E-state index contributed by atoms with van der Waals surface area (Å²) in [6, 6.07) is 11.9. The van der Waals surface area contributed by atoms with Gasteiger partial charge in [-0.05, 0) is 35.2 Å². The minimum atomic E-state index is -0.164. The number of carbonyl (C=O) groups is 1. The summed E-state index contributed by atoms with van der Waals surface area (Å²) in [5, 5.41) is 9.58. The van der Waals surface area contributed by atoms with Crippen LogP contribution in [-0.4, -0.2) is 18.8 Å². The molecule has 0 radical (unpaired) electrons. The standard InChI is InChI=1S/C16H17NO2/c1-2-19-16(18)10-9-12-7-8-13(11-17)15-6-4-3-5-14(12)15/h3-8,11,17H,2,9-10H2,1H3. The topological polar surface area (TPSA) is 50.2 Å². The second-order valence-corrected chi connectivity index (χ2v) is 4.31. The Morgan fingerprint density at radius 3 is 2.63 bits per heavy atom. The fraction of sp³-hybridized carbons (Fsp3) is 0.250. The molecule has 0 atom stereocenters. The maximum absolute atomic E-state index is 11.4. The fourth-order valence-corrected chi connectivity index (χ4v) is 2.20. The van der Waals surface area contributed by atoms with Crippen LogP contribution in [0.15, 0.2) is 36.4 Å². The van der Waals surface area contributed by atoms with Gasteiger partial charge in [0.1, 0.15) is 0 Å². The first-order valence-electron chi connectivity index (χ1n) is 6.43. The van der Waals surface area contributed by atoms with Gasteiger partial charge in [0, 0.05) is 12.6 Å². The van der Waals surface area contributed by atoms with E-state index in [1.165, 1.54) is 6.21 Å². The third kappa shape index (κ3) is 2.99. The second-order valence-electron chi connectivity index (χ2n) is 4.31. The lowest BCUT2D eigenvalue weighted by Crippen LogP contribution is -2.05. The normalized spacial score (nSPS) is 10.4. The summed E-state index contributed by atoms with van der Waals surface area (Å²) in [7, 11) is 0.